The molecule has 2 heterocycles. The summed E-state index contributed by atoms with van der Waals surface area (Å²) < 4.78 is 10.8. The average Bonchev–Trinajstić information content (AvgIpc) is 3.12. The minimum atomic E-state index is -0.872. The maximum absolute atomic E-state index is 11.1. The molecule has 138 valence electrons. The van der Waals surface area contributed by atoms with Gasteiger partial charge in [0, 0.05) is 24.7 Å². The lowest BCUT2D eigenvalue weighted by molar-refractivity contribution is -0.0345. The lowest BCUT2D eigenvalue weighted by Gasteiger charge is -2.39. The van der Waals surface area contributed by atoms with Crippen molar-refractivity contribution in [1.82, 2.24) is 4.90 Å². The summed E-state index contributed by atoms with van der Waals surface area (Å²) in [7, 11) is 0. The van der Waals surface area contributed by atoms with E-state index >= 15 is 0 Å². The van der Waals surface area contributed by atoms with Crippen molar-refractivity contribution < 1.29 is 19.7 Å². The SMILES string of the molecule is OC(CN1CCC(O)(c2ccc3c(c2)OCO3)CC1)c1ccc(Cl)cc1. The summed E-state index contributed by atoms with van der Waals surface area (Å²) in [5.74, 6) is 1.41. The predicted molar refractivity (Wildman–Crippen MR) is 98.5 cm³/mol. The van der Waals surface area contributed by atoms with Crippen LogP contribution < -0.4 is 9.47 Å². The number of aliphatic hydroxyl groups is 2. The molecule has 2 aliphatic rings. The van der Waals surface area contributed by atoms with Gasteiger partial charge in [0.1, 0.15) is 0 Å². The number of piperidine rings is 1. The average molecular weight is 376 g/mol. The topological polar surface area (TPSA) is 62.2 Å². The van der Waals surface area contributed by atoms with Crippen LogP contribution in [-0.4, -0.2) is 41.5 Å². The first-order chi connectivity index (χ1) is 12.5. The molecule has 0 saturated carbocycles. The fraction of sp³-hybridized carbons (Fsp3) is 0.400. The third-order valence-electron chi connectivity index (χ3n) is 5.28. The van der Waals surface area contributed by atoms with Crippen molar-refractivity contribution in [3.63, 3.8) is 0 Å². The molecule has 2 aromatic carbocycles. The van der Waals surface area contributed by atoms with Crippen molar-refractivity contribution in [3.8, 4) is 11.5 Å². The van der Waals surface area contributed by atoms with Crippen molar-refractivity contribution in [2.75, 3.05) is 26.4 Å². The summed E-state index contributed by atoms with van der Waals surface area (Å²) >= 11 is 5.90. The molecule has 2 N–H and O–H groups in total. The number of β-amino-alcohol motifs (C(OH)–C–C–N with tert-alkyl or cyclic N) is 1. The third kappa shape index (κ3) is 3.53. The zero-order valence-corrected chi connectivity index (χ0v) is 15.2. The first kappa shape index (κ1) is 17.6. The van der Waals surface area contributed by atoms with Crippen molar-refractivity contribution in [2.45, 2.75) is 24.5 Å². The van der Waals surface area contributed by atoms with Gasteiger partial charge in [0.25, 0.3) is 0 Å². The quantitative estimate of drug-likeness (QED) is 0.859. The number of hydrogen-bond donors (Lipinski definition) is 2. The van der Waals surface area contributed by atoms with Gasteiger partial charge in [0.15, 0.2) is 11.5 Å². The Kier molecular flexibility index (Phi) is 4.80. The molecule has 4 rings (SSSR count). The Labute approximate surface area is 157 Å². The number of likely N-dealkylation sites (tertiary alicyclic amines) is 1. The van der Waals surface area contributed by atoms with Crippen molar-refractivity contribution in [3.05, 3.63) is 58.6 Å². The minimum absolute atomic E-state index is 0.230. The standard InChI is InChI=1S/C20H22ClNO4/c21-16-4-1-14(2-5-16)17(23)12-22-9-7-20(24,8-10-22)15-3-6-18-19(11-15)26-13-25-18/h1-6,11,17,23-24H,7-10,12-13H2. The molecule has 1 fully saturated rings. The molecule has 0 radical (unpaired) electrons. The van der Waals surface area contributed by atoms with Crippen LogP contribution in [0.25, 0.3) is 0 Å². The van der Waals surface area contributed by atoms with Crippen molar-refractivity contribution in [1.29, 1.82) is 0 Å². The van der Waals surface area contributed by atoms with Crippen LogP contribution in [0.1, 0.15) is 30.1 Å². The first-order valence-corrected chi connectivity index (χ1v) is 9.20. The molecule has 0 aliphatic carbocycles. The first-order valence-electron chi connectivity index (χ1n) is 8.82. The number of aliphatic hydroxyl groups excluding tert-OH is 1. The highest BCUT2D eigenvalue weighted by Crippen LogP contribution is 2.39. The van der Waals surface area contributed by atoms with E-state index in [0.717, 1.165) is 30.0 Å². The van der Waals surface area contributed by atoms with Gasteiger partial charge in [-0.05, 0) is 48.2 Å². The third-order valence-corrected chi connectivity index (χ3v) is 5.53. The van der Waals surface area contributed by atoms with E-state index in [9.17, 15) is 10.2 Å². The summed E-state index contributed by atoms with van der Waals surface area (Å²) in [6, 6.07) is 12.9. The van der Waals surface area contributed by atoms with Crippen LogP contribution in [0.3, 0.4) is 0 Å². The Morgan fingerprint density at radius 1 is 1.04 bits per heavy atom. The van der Waals surface area contributed by atoms with E-state index in [-0.39, 0.29) is 6.79 Å². The smallest absolute Gasteiger partial charge is 0.231 e. The van der Waals surface area contributed by atoms with Gasteiger partial charge in [-0.15, -0.1) is 0 Å². The Hall–Kier alpha value is -1.79. The van der Waals surface area contributed by atoms with Crippen LogP contribution in [0.4, 0.5) is 0 Å². The van der Waals surface area contributed by atoms with E-state index in [2.05, 4.69) is 4.90 Å². The van der Waals surface area contributed by atoms with Gasteiger partial charge in [-0.1, -0.05) is 29.8 Å². The number of fused-ring (bicyclic) bond motifs is 1. The molecule has 0 spiro atoms. The zero-order valence-electron chi connectivity index (χ0n) is 14.4. The monoisotopic (exact) mass is 375 g/mol. The number of hydrogen-bond acceptors (Lipinski definition) is 5. The number of nitrogens with zero attached hydrogens (tertiary/aromatic N) is 1. The number of halogens is 1. The second-order valence-electron chi connectivity index (χ2n) is 6.97. The second kappa shape index (κ2) is 7.08. The van der Waals surface area contributed by atoms with E-state index in [1.165, 1.54) is 0 Å². The molecule has 2 aliphatic heterocycles. The molecule has 6 heteroatoms. The van der Waals surface area contributed by atoms with E-state index in [1.807, 2.05) is 30.3 Å². The van der Waals surface area contributed by atoms with Gasteiger partial charge in [0.05, 0.1) is 11.7 Å². The number of rotatable bonds is 4. The molecule has 1 saturated heterocycles. The van der Waals surface area contributed by atoms with Crippen LogP contribution >= 0.6 is 11.6 Å². The molecule has 0 aromatic heterocycles. The lowest BCUT2D eigenvalue weighted by Crippen LogP contribution is -2.43. The van der Waals surface area contributed by atoms with Gasteiger partial charge >= 0.3 is 0 Å². The van der Waals surface area contributed by atoms with Crippen LogP contribution in [0.5, 0.6) is 11.5 Å². The van der Waals surface area contributed by atoms with Crippen molar-refractivity contribution in [2.24, 2.45) is 0 Å². The molecule has 1 unspecified atom stereocenters. The van der Waals surface area contributed by atoms with Crippen LogP contribution in [0.15, 0.2) is 42.5 Å². The van der Waals surface area contributed by atoms with Gasteiger partial charge < -0.3 is 24.6 Å². The predicted octanol–water partition coefficient (Wildman–Crippen LogP) is 3.09. The van der Waals surface area contributed by atoms with Crippen LogP contribution in [0, 0.1) is 0 Å². The summed E-state index contributed by atoms with van der Waals surface area (Å²) in [6.07, 6.45) is 0.656. The van der Waals surface area contributed by atoms with Gasteiger partial charge in [-0.2, -0.15) is 0 Å². The molecule has 0 bridgehead atoms. The number of benzene rings is 2. The van der Waals surface area contributed by atoms with Crippen LogP contribution in [-0.2, 0) is 5.60 Å². The van der Waals surface area contributed by atoms with Crippen LogP contribution in [0.2, 0.25) is 5.02 Å². The van der Waals surface area contributed by atoms with Gasteiger partial charge in [-0.3, -0.25) is 0 Å². The second-order valence-corrected chi connectivity index (χ2v) is 7.40. The highest BCUT2D eigenvalue weighted by Gasteiger charge is 2.35. The Morgan fingerprint density at radius 2 is 1.73 bits per heavy atom. The van der Waals surface area contributed by atoms with E-state index in [1.54, 1.807) is 12.1 Å². The van der Waals surface area contributed by atoms with E-state index in [0.29, 0.717) is 30.2 Å². The number of ether oxygens (including phenoxy) is 2. The normalized spacial score (nSPS) is 20.1. The Morgan fingerprint density at radius 3 is 2.46 bits per heavy atom. The van der Waals surface area contributed by atoms with E-state index < -0.39 is 11.7 Å². The Balaban J connectivity index is 1.38. The van der Waals surface area contributed by atoms with E-state index in [4.69, 9.17) is 21.1 Å². The molecular formula is C20H22ClNO4. The summed E-state index contributed by atoms with van der Waals surface area (Å²) in [4.78, 5) is 2.18. The van der Waals surface area contributed by atoms with Gasteiger partial charge in [0.2, 0.25) is 6.79 Å². The summed E-state index contributed by atoms with van der Waals surface area (Å²) in [6.45, 7) is 2.21. The zero-order chi connectivity index (χ0) is 18.1. The largest absolute Gasteiger partial charge is 0.454 e. The molecule has 5 nitrogen and oxygen atoms in total. The molecule has 0 amide bonds. The highest BCUT2D eigenvalue weighted by atomic mass is 35.5. The molecule has 26 heavy (non-hydrogen) atoms. The minimum Gasteiger partial charge on any atom is -0.454 e. The molecular weight excluding hydrogens is 354 g/mol. The Bertz CT molecular complexity index is 772. The van der Waals surface area contributed by atoms with Crippen molar-refractivity contribution >= 4 is 11.6 Å². The summed E-state index contributed by atoms with van der Waals surface area (Å²) in [5.41, 5.74) is 0.841. The fourth-order valence-electron chi connectivity index (χ4n) is 3.62. The maximum Gasteiger partial charge on any atom is 0.231 e. The lowest BCUT2D eigenvalue weighted by atomic mass is 9.84. The maximum atomic E-state index is 11.1. The molecule has 2 aromatic rings. The van der Waals surface area contributed by atoms with Gasteiger partial charge in [-0.25, -0.2) is 0 Å². The fourth-order valence-corrected chi connectivity index (χ4v) is 3.74. The summed E-state index contributed by atoms with van der Waals surface area (Å²) in [5, 5.41) is 22.2. The molecule has 1 atom stereocenters. The highest BCUT2D eigenvalue weighted by molar-refractivity contribution is 6.30.